The highest BCUT2D eigenvalue weighted by Crippen LogP contribution is 2.26. The largest absolute Gasteiger partial charge is 0.393 e. The van der Waals surface area contributed by atoms with Crippen LogP contribution in [0, 0.1) is 0 Å². The maximum atomic E-state index is 12.0. The van der Waals surface area contributed by atoms with Gasteiger partial charge in [0.1, 0.15) is 5.69 Å². The minimum atomic E-state index is -0.0243. The molecule has 4 nitrogen and oxygen atoms in total. The van der Waals surface area contributed by atoms with Crippen molar-refractivity contribution in [1.82, 2.24) is 9.78 Å². The van der Waals surface area contributed by atoms with Crippen LogP contribution >= 0.6 is 0 Å². The van der Waals surface area contributed by atoms with Gasteiger partial charge < -0.3 is 5.73 Å². The quantitative estimate of drug-likeness (QED) is 0.755. The van der Waals surface area contributed by atoms with Gasteiger partial charge in [-0.3, -0.25) is 9.89 Å². The second-order valence-corrected chi connectivity index (χ2v) is 4.68. The van der Waals surface area contributed by atoms with Crippen LogP contribution in [-0.4, -0.2) is 9.78 Å². The number of hydrogen-bond acceptors (Lipinski definition) is 2. The van der Waals surface area contributed by atoms with E-state index in [2.05, 4.69) is 5.10 Å². The van der Waals surface area contributed by atoms with Crippen LogP contribution in [0.1, 0.15) is 57.2 Å². The van der Waals surface area contributed by atoms with Crippen LogP contribution in [0.15, 0.2) is 4.79 Å². The van der Waals surface area contributed by atoms with Crippen molar-refractivity contribution in [2.45, 2.75) is 57.9 Å². The lowest BCUT2D eigenvalue weighted by Gasteiger charge is -2.14. The Morgan fingerprint density at radius 2 is 1.94 bits per heavy atom. The van der Waals surface area contributed by atoms with Crippen molar-refractivity contribution < 1.29 is 0 Å². The highest BCUT2D eigenvalue weighted by Gasteiger charge is 2.19. The van der Waals surface area contributed by atoms with Gasteiger partial charge in [-0.1, -0.05) is 32.6 Å². The zero-order valence-electron chi connectivity index (χ0n) is 9.96. The summed E-state index contributed by atoms with van der Waals surface area (Å²) in [6, 6.07) is 0.331. The Morgan fingerprint density at radius 3 is 2.44 bits per heavy atom. The molecule has 0 amide bonds. The molecule has 2 rings (SSSR count). The lowest BCUT2D eigenvalue weighted by molar-refractivity contribution is 0.394. The molecule has 1 saturated carbocycles. The third kappa shape index (κ3) is 2.01. The van der Waals surface area contributed by atoms with Gasteiger partial charge >= 0.3 is 0 Å². The van der Waals surface area contributed by atoms with E-state index in [9.17, 15) is 4.79 Å². The van der Waals surface area contributed by atoms with E-state index in [-0.39, 0.29) is 5.56 Å². The molecule has 90 valence electrons. The zero-order valence-corrected chi connectivity index (χ0v) is 9.96. The predicted octanol–water partition coefficient (Wildman–Crippen LogP) is 2.22. The molecule has 0 saturated heterocycles. The summed E-state index contributed by atoms with van der Waals surface area (Å²) in [5.41, 5.74) is 7.06. The Hall–Kier alpha value is -1.19. The topological polar surface area (TPSA) is 63.8 Å². The summed E-state index contributed by atoms with van der Waals surface area (Å²) in [5.74, 6) is 0. The molecule has 1 aliphatic carbocycles. The first-order valence-electron chi connectivity index (χ1n) is 6.33. The number of aromatic nitrogens is 2. The van der Waals surface area contributed by atoms with Crippen molar-refractivity contribution in [3.8, 4) is 0 Å². The first-order chi connectivity index (χ1) is 7.74. The molecular formula is C12H21N3O. The van der Waals surface area contributed by atoms with Gasteiger partial charge in [0.05, 0.1) is 11.7 Å². The molecule has 0 radical (unpaired) electrons. The first kappa shape index (κ1) is 11.3. The Balaban J connectivity index is 2.28. The summed E-state index contributed by atoms with van der Waals surface area (Å²) in [6.45, 7) is 2.01. The van der Waals surface area contributed by atoms with E-state index in [4.69, 9.17) is 5.73 Å². The van der Waals surface area contributed by atoms with Crippen LogP contribution in [0.3, 0.4) is 0 Å². The fourth-order valence-corrected chi connectivity index (χ4v) is 2.56. The molecule has 16 heavy (non-hydrogen) atoms. The number of anilines is 1. The molecule has 3 N–H and O–H groups in total. The predicted molar refractivity (Wildman–Crippen MR) is 65.6 cm³/mol. The Bertz CT molecular complexity index is 397. The number of rotatable bonds is 2. The molecule has 0 atom stereocenters. The number of nitrogens with zero attached hydrogens (tertiary/aromatic N) is 1. The van der Waals surface area contributed by atoms with E-state index >= 15 is 0 Å². The van der Waals surface area contributed by atoms with Gasteiger partial charge in [0, 0.05) is 0 Å². The van der Waals surface area contributed by atoms with E-state index in [1.165, 1.54) is 25.7 Å². The maximum absolute atomic E-state index is 12.0. The summed E-state index contributed by atoms with van der Waals surface area (Å²) in [7, 11) is 0. The van der Waals surface area contributed by atoms with Crippen molar-refractivity contribution in [2.75, 3.05) is 5.73 Å². The van der Waals surface area contributed by atoms with E-state index in [0.717, 1.165) is 25.0 Å². The number of nitrogen functional groups attached to an aromatic ring is 1. The summed E-state index contributed by atoms with van der Waals surface area (Å²) in [4.78, 5) is 12.0. The molecular weight excluding hydrogens is 202 g/mol. The summed E-state index contributed by atoms with van der Waals surface area (Å²) >= 11 is 0. The molecule has 0 aromatic carbocycles. The number of H-pyrrole nitrogens is 1. The molecule has 1 heterocycles. The van der Waals surface area contributed by atoms with Gasteiger partial charge in [0.15, 0.2) is 0 Å². The third-order valence-electron chi connectivity index (χ3n) is 3.57. The van der Waals surface area contributed by atoms with Crippen LogP contribution in [-0.2, 0) is 6.42 Å². The Labute approximate surface area is 95.8 Å². The standard InChI is InChI=1S/C12H21N3O/c1-2-10-11(13)12(16)15(14-10)9-7-5-3-4-6-8-9/h9,14H,2-8,13H2,1H3. The summed E-state index contributed by atoms with van der Waals surface area (Å²) < 4.78 is 1.76. The van der Waals surface area contributed by atoms with Gasteiger partial charge in [-0.05, 0) is 19.3 Å². The average molecular weight is 223 g/mol. The second-order valence-electron chi connectivity index (χ2n) is 4.68. The molecule has 0 unspecified atom stereocenters. The van der Waals surface area contributed by atoms with E-state index in [1.807, 2.05) is 6.92 Å². The van der Waals surface area contributed by atoms with Crippen LogP contribution in [0.4, 0.5) is 5.69 Å². The van der Waals surface area contributed by atoms with Gasteiger partial charge in [0.25, 0.3) is 5.56 Å². The van der Waals surface area contributed by atoms with Crippen molar-refractivity contribution in [2.24, 2.45) is 0 Å². The molecule has 0 aliphatic heterocycles. The molecule has 1 aliphatic rings. The van der Waals surface area contributed by atoms with Crippen molar-refractivity contribution in [3.05, 3.63) is 16.0 Å². The SMILES string of the molecule is CCc1[nH]n(C2CCCCCC2)c(=O)c1N. The fraction of sp³-hybridized carbons (Fsp3) is 0.750. The van der Waals surface area contributed by atoms with Crippen LogP contribution in [0.2, 0.25) is 0 Å². The highest BCUT2D eigenvalue weighted by atomic mass is 16.1. The minimum absolute atomic E-state index is 0.0243. The van der Waals surface area contributed by atoms with Gasteiger partial charge in [0.2, 0.25) is 0 Å². The number of aromatic amines is 1. The lowest BCUT2D eigenvalue weighted by atomic mass is 10.1. The lowest BCUT2D eigenvalue weighted by Crippen LogP contribution is -2.23. The maximum Gasteiger partial charge on any atom is 0.290 e. The second kappa shape index (κ2) is 4.76. The third-order valence-corrected chi connectivity index (χ3v) is 3.57. The Kier molecular flexibility index (Phi) is 3.36. The number of nitrogens with two attached hydrogens (primary N) is 1. The van der Waals surface area contributed by atoms with Gasteiger partial charge in [-0.2, -0.15) is 0 Å². The van der Waals surface area contributed by atoms with Crippen molar-refractivity contribution >= 4 is 5.69 Å². The van der Waals surface area contributed by atoms with E-state index in [1.54, 1.807) is 4.68 Å². The summed E-state index contributed by atoms with van der Waals surface area (Å²) in [5, 5.41) is 3.18. The minimum Gasteiger partial charge on any atom is -0.393 e. The number of nitrogens with one attached hydrogen (secondary N) is 1. The average Bonchev–Trinajstić information content (AvgIpc) is 2.52. The van der Waals surface area contributed by atoms with Crippen LogP contribution in [0.25, 0.3) is 0 Å². The smallest absolute Gasteiger partial charge is 0.290 e. The van der Waals surface area contributed by atoms with Crippen molar-refractivity contribution in [1.29, 1.82) is 0 Å². The number of aryl methyl sites for hydroxylation is 1. The molecule has 1 fully saturated rings. The first-order valence-corrected chi connectivity index (χ1v) is 6.33. The van der Waals surface area contributed by atoms with Gasteiger partial charge in [-0.25, -0.2) is 4.68 Å². The molecule has 0 bridgehead atoms. The van der Waals surface area contributed by atoms with E-state index < -0.39 is 0 Å². The number of hydrogen-bond donors (Lipinski definition) is 2. The Morgan fingerprint density at radius 1 is 1.31 bits per heavy atom. The van der Waals surface area contributed by atoms with Crippen molar-refractivity contribution in [3.63, 3.8) is 0 Å². The fourth-order valence-electron chi connectivity index (χ4n) is 2.56. The summed E-state index contributed by atoms with van der Waals surface area (Å²) in [6.07, 6.45) is 8.02. The normalized spacial score (nSPS) is 18.6. The monoisotopic (exact) mass is 223 g/mol. The van der Waals surface area contributed by atoms with Gasteiger partial charge in [-0.15, -0.1) is 0 Å². The highest BCUT2D eigenvalue weighted by molar-refractivity contribution is 5.40. The molecule has 4 heteroatoms. The zero-order chi connectivity index (χ0) is 11.5. The van der Waals surface area contributed by atoms with Crippen LogP contribution in [0.5, 0.6) is 0 Å². The molecule has 1 aromatic heterocycles. The van der Waals surface area contributed by atoms with E-state index in [0.29, 0.717) is 11.7 Å². The molecule has 1 aromatic rings. The van der Waals surface area contributed by atoms with Crippen LogP contribution < -0.4 is 11.3 Å². The molecule has 0 spiro atoms.